The average Bonchev–Trinajstić information content (AvgIpc) is 1.60. The molecule has 0 aromatic heterocycles. The summed E-state index contributed by atoms with van der Waals surface area (Å²) in [7, 11) is 5.63. The third-order valence-electron chi connectivity index (χ3n) is 0.825. The highest BCUT2D eigenvalue weighted by atomic mass is 79.9. The maximum Gasteiger partial charge on any atom is 0.290 e. The first-order valence-corrected chi connectivity index (χ1v) is 3.12. The number of nitrogens with zero attached hydrogens (tertiary/aromatic N) is 1. The molecule has 0 aromatic rings. The van der Waals surface area contributed by atoms with Gasteiger partial charge in [0, 0.05) is 5.57 Å². The minimum atomic E-state index is -0.104. The van der Waals surface area contributed by atoms with E-state index >= 15 is 0 Å². The van der Waals surface area contributed by atoms with Gasteiger partial charge in [0.2, 0.25) is 0 Å². The van der Waals surface area contributed by atoms with Gasteiger partial charge in [-0.15, -0.1) is 0 Å². The zero-order valence-electron chi connectivity index (χ0n) is 7.44. The van der Waals surface area contributed by atoms with E-state index in [0.717, 1.165) is 0 Å². The van der Waals surface area contributed by atoms with Crippen molar-refractivity contribution in [3.05, 3.63) is 12.2 Å². The number of nitrogens with one attached hydrogen (secondary N) is 1. The molecule has 4 heteroatoms. The molecule has 0 radical (unpaired) electrons. The van der Waals surface area contributed by atoms with Crippen LogP contribution in [0.3, 0.4) is 0 Å². The van der Waals surface area contributed by atoms with Gasteiger partial charge in [0.25, 0.3) is 5.91 Å². The first kappa shape index (κ1) is 13.3. The van der Waals surface area contributed by atoms with Crippen molar-refractivity contribution >= 4 is 5.91 Å². The molecule has 0 heterocycles. The molecular weight excluding hydrogens is 208 g/mol. The summed E-state index contributed by atoms with van der Waals surface area (Å²) in [5.74, 6) is -0.104. The number of quaternary nitrogens is 1. The van der Waals surface area contributed by atoms with E-state index in [2.05, 4.69) is 12.0 Å². The number of carbonyl (C=O) groups excluding carboxylic acids is 1. The van der Waals surface area contributed by atoms with Gasteiger partial charge in [-0.2, -0.15) is 5.43 Å². The molecule has 0 aliphatic rings. The van der Waals surface area contributed by atoms with Gasteiger partial charge in [-0.3, -0.25) is 4.79 Å². The third kappa shape index (κ3) is 7.55. The quantitative estimate of drug-likeness (QED) is 0.308. The molecule has 0 fully saturated rings. The molecule has 11 heavy (non-hydrogen) atoms. The van der Waals surface area contributed by atoms with Crippen LogP contribution >= 0.6 is 0 Å². The number of hydrogen-bond acceptors (Lipinski definition) is 1. The Kier molecular flexibility index (Phi) is 5.44. The Morgan fingerprint density at radius 3 is 1.82 bits per heavy atom. The molecule has 0 aliphatic heterocycles. The maximum absolute atomic E-state index is 10.9. The fourth-order valence-electron chi connectivity index (χ4n) is 0.400. The normalized spacial score (nSPS) is 9.82. The molecule has 0 aliphatic carbocycles. The highest BCUT2D eigenvalue weighted by Gasteiger charge is 2.11. The predicted molar refractivity (Wildman–Crippen MR) is 41.0 cm³/mol. The van der Waals surface area contributed by atoms with Crippen LogP contribution in [0.2, 0.25) is 0 Å². The van der Waals surface area contributed by atoms with Gasteiger partial charge in [-0.1, -0.05) is 6.58 Å². The molecule has 1 N–H and O–H groups in total. The van der Waals surface area contributed by atoms with Crippen molar-refractivity contribution in [2.75, 3.05) is 21.1 Å². The highest BCUT2D eigenvalue weighted by Crippen LogP contribution is 1.89. The van der Waals surface area contributed by atoms with Gasteiger partial charge >= 0.3 is 0 Å². The van der Waals surface area contributed by atoms with Crippen LogP contribution in [0.5, 0.6) is 0 Å². The van der Waals surface area contributed by atoms with Crippen molar-refractivity contribution in [2.45, 2.75) is 6.92 Å². The van der Waals surface area contributed by atoms with Crippen LogP contribution in [-0.4, -0.2) is 31.6 Å². The molecule has 0 rings (SSSR count). The van der Waals surface area contributed by atoms with Crippen LogP contribution in [0.25, 0.3) is 0 Å². The molecule has 0 saturated carbocycles. The number of rotatable bonds is 2. The average molecular weight is 223 g/mol. The molecule has 1 amide bonds. The van der Waals surface area contributed by atoms with Crippen LogP contribution in [0.15, 0.2) is 12.2 Å². The Bertz CT molecular complexity index is 160. The Hall–Kier alpha value is -0.350. The lowest BCUT2D eigenvalue weighted by Gasteiger charge is -2.23. The van der Waals surface area contributed by atoms with E-state index in [4.69, 9.17) is 0 Å². The van der Waals surface area contributed by atoms with Crippen molar-refractivity contribution in [3.8, 4) is 0 Å². The lowest BCUT2D eigenvalue weighted by Crippen LogP contribution is -3.00. The number of halogens is 1. The van der Waals surface area contributed by atoms with Crippen molar-refractivity contribution in [2.24, 2.45) is 0 Å². The predicted octanol–water partition coefficient (Wildman–Crippen LogP) is -2.70. The number of carbonyl (C=O) groups is 1. The van der Waals surface area contributed by atoms with Crippen molar-refractivity contribution in [1.82, 2.24) is 5.43 Å². The van der Waals surface area contributed by atoms with Crippen molar-refractivity contribution in [1.29, 1.82) is 0 Å². The number of hydrogen-bond donors (Lipinski definition) is 1. The van der Waals surface area contributed by atoms with Gasteiger partial charge in [-0.05, 0) is 6.92 Å². The first-order valence-electron chi connectivity index (χ1n) is 3.12. The number of amides is 1. The second kappa shape index (κ2) is 4.51. The molecule has 3 nitrogen and oxygen atoms in total. The summed E-state index contributed by atoms with van der Waals surface area (Å²) in [6.07, 6.45) is 0. The zero-order valence-corrected chi connectivity index (χ0v) is 9.03. The Balaban J connectivity index is 0. The Morgan fingerprint density at radius 1 is 1.36 bits per heavy atom. The van der Waals surface area contributed by atoms with Gasteiger partial charge in [0.1, 0.15) is 0 Å². The smallest absolute Gasteiger partial charge is 0.290 e. The van der Waals surface area contributed by atoms with Crippen LogP contribution in [0.1, 0.15) is 6.92 Å². The molecule has 0 bridgehead atoms. The molecule has 0 spiro atoms. The van der Waals surface area contributed by atoms with Gasteiger partial charge < -0.3 is 17.0 Å². The summed E-state index contributed by atoms with van der Waals surface area (Å²) in [5.41, 5.74) is 3.25. The van der Waals surface area contributed by atoms with Gasteiger partial charge in [0.15, 0.2) is 0 Å². The highest BCUT2D eigenvalue weighted by molar-refractivity contribution is 5.91. The van der Waals surface area contributed by atoms with Gasteiger partial charge in [-0.25, -0.2) is 4.59 Å². The first-order chi connectivity index (χ1) is 4.33. The lowest BCUT2D eigenvalue weighted by atomic mass is 10.3. The Morgan fingerprint density at radius 2 is 1.73 bits per heavy atom. The van der Waals surface area contributed by atoms with Crippen LogP contribution in [0.4, 0.5) is 0 Å². The standard InChI is InChI=1S/C7H14N2O.BrH/c1-6(2)7(10)8-9(3,4)5;/h1H2,2-5H3;1H. The van der Waals surface area contributed by atoms with Crippen LogP contribution in [0, 0.1) is 0 Å². The van der Waals surface area contributed by atoms with E-state index in [9.17, 15) is 4.79 Å². The largest absolute Gasteiger partial charge is 1.00 e. The molecule has 0 unspecified atom stereocenters. The summed E-state index contributed by atoms with van der Waals surface area (Å²) >= 11 is 0. The molecule has 0 atom stereocenters. The van der Waals surface area contributed by atoms with Gasteiger partial charge in [0.05, 0.1) is 21.1 Å². The SMILES string of the molecule is C=C(C)C(=O)N[N+](C)(C)C.[Br-]. The van der Waals surface area contributed by atoms with Crippen molar-refractivity contribution in [3.63, 3.8) is 0 Å². The van der Waals surface area contributed by atoms with E-state index < -0.39 is 0 Å². The summed E-state index contributed by atoms with van der Waals surface area (Å²) < 4.78 is 0.422. The van der Waals surface area contributed by atoms with Crippen LogP contribution < -0.4 is 22.4 Å². The summed E-state index contributed by atoms with van der Waals surface area (Å²) in [4.78, 5) is 10.9. The van der Waals surface area contributed by atoms with Crippen LogP contribution in [-0.2, 0) is 4.79 Å². The molecule has 0 saturated heterocycles. The van der Waals surface area contributed by atoms with E-state index in [-0.39, 0.29) is 22.9 Å². The lowest BCUT2D eigenvalue weighted by molar-refractivity contribution is -0.905. The molecule has 66 valence electrons. The summed E-state index contributed by atoms with van der Waals surface area (Å²) in [6.45, 7) is 5.20. The minimum absolute atomic E-state index is 0. The summed E-state index contributed by atoms with van der Waals surface area (Å²) in [5, 5.41) is 0. The Labute approximate surface area is 78.4 Å². The van der Waals surface area contributed by atoms with Crippen molar-refractivity contribution < 1.29 is 26.4 Å². The maximum atomic E-state index is 10.9. The van der Waals surface area contributed by atoms with E-state index in [0.29, 0.717) is 10.2 Å². The third-order valence-corrected chi connectivity index (χ3v) is 0.825. The van der Waals surface area contributed by atoms with E-state index in [1.807, 2.05) is 21.1 Å². The summed E-state index contributed by atoms with van der Waals surface area (Å²) in [6, 6.07) is 0. The van der Waals surface area contributed by atoms with E-state index in [1.54, 1.807) is 6.92 Å². The second-order valence-electron chi connectivity index (χ2n) is 3.23. The minimum Gasteiger partial charge on any atom is -1.00 e. The second-order valence-corrected chi connectivity index (χ2v) is 3.23. The monoisotopic (exact) mass is 222 g/mol. The zero-order chi connectivity index (χ0) is 8.36. The van der Waals surface area contributed by atoms with E-state index in [1.165, 1.54) is 0 Å². The fourth-order valence-corrected chi connectivity index (χ4v) is 0.400. The molecule has 0 aromatic carbocycles. The molecular formula is C7H15BrN2O. The topological polar surface area (TPSA) is 29.1 Å². The fraction of sp³-hybridized carbons (Fsp3) is 0.571.